The molecule has 1 aliphatic carbocycles. The Bertz CT molecular complexity index is 776. The number of thioether (sulfide) groups is 1. The van der Waals surface area contributed by atoms with Crippen molar-refractivity contribution in [2.24, 2.45) is 0 Å². The summed E-state index contributed by atoms with van der Waals surface area (Å²) in [6.07, 6.45) is 3.47. The van der Waals surface area contributed by atoms with Crippen LogP contribution in [0.15, 0.2) is 29.8 Å². The molecule has 0 saturated carbocycles. The van der Waals surface area contributed by atoms with Crippen LogP contribution in [-0.2, 0) is 24.8 Å². The summed E-state index contributed by atoms with van der Waals surface area (Å²) in [7, 11) is 0. The molecule has 0 aromatic heterocycles. The number of rotatable bonds is 9. The van der Waals surface area contributed by atoms with E-state index >= 15 is 0 Å². The summed E-state index contributed by atoms with van der Waals surface area (Å²) in [6, 6.07) is 4.21. The van der Waals surface area contributed by atoms with Crippen LogP contribution in [0.2, 0.25) is 0 Å². The number of carbonyl (C=O) groups is 1. The highest BCUT2D eigenvalue weighted by Gasteiger charge is 2.42. The molecule has 3 atom stereocenters. The predicted molar refractivity (Wildman–Crippen MR) is 112 cm³/mol. The molecule has 30 heavy (non-hydrogen) atoms. The lowest BCUT2D eigenvalue weighted by molar-refractivity contribution is -0.139. The number of hydrogen-bond acceptors (Lipinski definition) is 7. The average Bonchev–Trinajstić information content (AvgIpc) is 3.07. The van der Waals surface area contributed by atoms with E-state index in [1.54, 1.807) is 23.9 Å². The fourth-order valence-electron chi connectivity index (χ4n) is 3.59. The Labute approximate surface area is 184 Å². The molecule has 3 unspecified atom stereocenters. The molecule has 9 heteroatoms. The van der Waals surface area contributed by atoms with Crippen molar-refractivity contribution in [3.63, 3.8) is 0 Å². The molecule has 6 nitrogen and oxygen atoms in total. The summed E-state index contributed by atoms with van der Waals surface area (Å²) in [5, 5.41) is 9.29. The van der Waals surface area contributed by atoms with Gasteiger partial charge in [0.05, 0.1) is 13.2 Å². The lowest BCUT2D eigenvalue weighted by Gasteiger charge is -2.24. The number of carbonyl (C=O) groups excluding carboxylic acids is 1. The Morgan fingerprint density at radius 2 is 2.30 bits per heavy atom. The SMILES string of the molecule is CCOCC(=O)C1=CC2(CCCC1SCc1ccc(F)cc1OCl)OCC(CO)O2. The van der Waals surface area contributed by atoms with E-state index in [1.165, 1.54) is 12.1 Å². The molecule has 0 radical (unpaired) electrons. The van der Waals surface area contributed by atoms with Crippen LogP contribution in [0.3, 0.4) is 0 Å². The highest BCUT2D eigenvalue weighted by molar-refractivity contribution is 7.99. The molecule has 1 aliphatic heterocycles. The van der Waals surface area contributed by atoms with Crippen molar-refractivity contribution in [3.05, 3.63) is 41.2 Å². The number of ether oxygens (including phenoxy) is 3. The van der Waals surface area contributed by atoms with E-state index < -0.39 is 17.7 Å². The zero-order valence-corrected chi connectivity index (χ0v) is 18.3. The van der Waals surface area contributed by atoms with Crippen molar-refractivity contribution >= 4 is 29.4 Å². The maximum atomic E-state index is 13.4. The highest BCUT2D eigenvalue weighted by Crippen LogP contribution is 2.40. The van der Waals surface area contributed by atoms with Gasteiger partial charge in [-0.3, -0.25) is 4.79 Å². The van der Waals surface area contributed by atoms with Crippen molar-refractivity contribution in [1.82, 2.24) is 0 Å². The molecule has 0 bridgehead atoms. The molecular weight excluding hydrogens is 435 g/mol. The van der Waals surface area contributed by atoms with Crippen LogP contribution in [0, 0.1) is 5.82 Å². The number of benzene rings is 1. The van der Waals surface area contributed by atoms with E-state index in [1.807, 2.05) is 6.92 Å². The monoisotopic (exact) mass is 460 g/mol. The second-order valence-corrected chi connectivity index (χ2v) is 8.57. The summed E-state index contributed by atoms with van der Waals surface area (Å²) < 4.78 is 35.4. The molecule has 1 saturated heterocycles. The minimum absolute atomic E-state index is 0.0223. The van der Waals surface area contributed by atoms with Crippen LogP contribution in [0.1, 0.15) is 31.7 Å². The zero-order valence-electron chi connectivity index (χ0n) is 16.8. The largest absolute Gasteiger partial charge is 0.394 e. The number of hydrogen-bond donors (Lipinski definition) is 1. The first-order valence-corrected chi connectivity index (χ1v) is 11.3. The third kappa shape index (κ3) is 5.75. The van der Waals surface area contributed by atoms with Gasteiger partial charge in [-0.15, -0.1) is 11.8 Å². The maximum absolute atomic E-state index is 13.4. The van der Waals surface area contributed by atoms with Crippen LogP contribution in [0.4, 0.5) is 4.39 Å². The molecule has 1 N–H and O–H groups in total. The van der Waals surface area contributed by atoms with Crippen molar-refractivity contribution < 1.29 is 32.8 Å². The Morgan fingerprint density at radius 1 is 1.47 bits per heavy atom. The molecule has 166 valence electrons. The Hall–Kier alpha value is -1.16. The second kappa shape index (κ2) is 10.9. The van der Waals surface area contributed by atoms with Crippen LogP contribution in [0.25, 0.3) is 0 Å². The lowest BCUT2D eigenvalue weighted by atomic mass is 10.1. The number of aliphatic hydroxyl groups excluding tert-OH is 1. The van der Waals surface area contributed by atoms with Gasteiger partial charge in [0.25, 0.3) is 0 Å². The number of Topliss-reactive ketones (excluding diaryl/α,β-unsaturated/α-hetero) is 1. The summed E-state index contributed by atoms with van der Waals surface area (Å²) in [6.45, 7) is 2.39. The smallest absolute Gasteiger partial charge is 0.189 e. The minimum Gasteiger partial charge on any atom is -0.394 e. The fourth-order valence-corrected chi connectivity index (χ4v) is 5.07. The van der Waals surface area contributed by atoms with Gasteiger partial charge in [0.1, 0.15) is 30.4 Å². The van der Waals surface area contributed by atoms with Gasteiger partial charge in [-0.05, 0) is 31.9 Å². The number of aliphatic hydroxyl groups is 1. The number of ketones is 1. The first-order chi connectivity index (χ1) is 14.5. The lowest BCUT2D eigenvalue weighted by Crippen LogP contribution is -2.30. The van der Waals surface area contributed by atoms with Gasteiger partial charge in [0, 0.05) is 41.2 Å². The van der Waals surface area contributed by atoms with E-state index in [0.29, 0.717) is 24.4 Å². The number of halogens is 2. The average molecular weight is 461 g/mol. The van der Waals surface area contributed by atoms with E-state index in [9.17, 15) is 14.3 Å². The Kier molecular flexibility index (Phi) is 8.56. The van der Waals surface area contributed by atoms with Crippen LogP contribution < -0.4 is 4.29 Å². The van der Waals surface area contributed by atoms with Crippen molar-refractivity contribution in [3.8, 4) is 5.75 Å². The Morgan fingerprint density at radius 3 is 3.00 bits per heavy atom. The van der Waals surface area contributed by atoms with Gasteiger partial charge in [-0.1, -0.05) is 6.07 Å². The molecule has 1 heterocycles. The standard InChI is InChI=1S/C21H26ClFO6S/c1-2-26-12-18(25)17-9-21(27-11-16(10-24)28-21)7-3-4-20(17)30-13-14-5-6-15(23)8-19(14)29-22/h5-6,8-9,16,20,24H,2-4,7,10-13H2,1H3. The summed E-state index contributed by atoms with van der Waals surface area (Å²) in [5.74, 6) is -0.811. The summed E-state index contributed by atoms with van der Waals surface area (Å²) in [4.78, 5) is 12.9. The van der Waals surface area contributed by atoms with E-state index in [0.717, 1.165) is 18.4 Å². The van der Waals surface area contributed by atoms with Gasteiger partial charge < -0.3 is 23.6 Å². The van der Waals surface area contributed by atoms with Gasteiger partial charge >= 0.3 is 0 Å². The van der Waals surface area contributed by atoms with Gasteiger partial charge in [-0.25, -0.2) is 4.39 Å². The third-order valence-electron chi connectivity index (χ3n) is 5.11. The van der Waals surface area contributed by atoms with Crippen LogP contribution in [0.5, 0.6) is 5.75 Å². The highest BCUT2D eigenvalue weighted by atomic mass is 35.5. The molecule has 1 aromatic carbocycles. The summed E-state index contributed by atoms with van der Waals surface area (Å²) >= 11 is 7.04. The quantitative estimate of drug-likeness (QED) is 0.601. The first kappa shape index (κ1) is 23.5. The van der Waals surface area contributed by atoms with Gasteiger partial charge in [0.2, 0.25) is 0 Å². The molecule has 2 aliphatic rings. The van der Waals surface area contributed by atoms with Crippen LogP contribution >= 0.6 is 23.6 Å². The fraction of sp³-hybridized carbons (Fsp3) is 0.571. The zero-order chi connectivity index (χ0) is 21.6. The Balaban J connectivity index is 1.81. The predicted octanol–water partition coefficient (Wildman–Crippen LogP) is 3.78. The van der Waals surface area contributed by atoms with Crippen LogP contribution in [-0.4, -0.2) is 54.5 Å². The second-order valence-electron chi connectivity index (χ2n) is 7.23. The van der Waals surface area contributed by atoms with Gasteiger partial charge in [0.15, 0.2) is 17.3 Å². The molecular formula is C21H26ClFO6S. The van der Waals surface area contributed by atoms with E-state index in [4.69, 9.17) is 30.4 Å². The van der Waals surface area contributed by atoms with E-state index in [2.05, 4.69) is 0 Å². The molecule has 1 aromatic rings. The van der Waals surface area contributed by atoms with Crippen molar-refractivity contribution in [2.45, 2.75) is 49.1 Å². The molecule has 1 fully saturated rings. The summed E-state index contributed by atoms with van der Waals surface area (Å²) in [5.41, 5.74) is 1.32. The normalized spacial score (nSPS) is 26.5. The topological polar surface area (TPSA) is 74.2 Å². The first-order valence-electron chi connectivity index (χ1n) is 9.95. The molecule has 1 spiro atoms. The molecule has 0 amide bonds. The molecule has 3 rings (SSSR count). The van der Waals surface area contributed by atoms with Crippen molar-refractivity contribution in [2.75, 3.05) is 26.4 Å². The third-order valence-corrected chi connectivity index (χ3v) is 6.64. The van der Waals surface area contributed by atoms with Gasteiger partial charge in [-0.2, -0.15) is 0 Å². The maximum Gasteiger partial charge on any atom is 0.189 e. The van der Waals surface area contributed by atoms with E-state index in [-0.39, 0.29) is 36.6 Å². The minimum atomic E-state index is -1.000. The van der Waals surface area contributed by atoms with Crippen molar-refractivity contribution in [1.29, 1.82) is 0 Å².